The summed E-state index contributed by atoms with van der Waals surface area (Å²) in [6.45, 7) is 10.1. The molecule has 0 bridgehead atoms. The Hall–Kier alpha value is -0.940. The Kier molecular flexibility index (Phi) is 4.02. The van der Waals surface area contributed by atoms with Crippen molar-refractivity contribution in [3.8, 4) is 0 Å². The molecular formula is C13H23N3O2. The van der Waals surface area contributed by atoms with Gasteiger partial charge in [0.15, 0.2) is 0 Å². The van der Waals surface area contributed by atoms with Crippen LogP contribution in [-0.2, 0) is 11.2 Å². The van der Waals surface area contributed by atoms with Gasteiger partial charge in [-0.2, -0.15) is 0 Å². The van der Waals surface area contributed by atoms with Gasteiger partial charge >= 0.3 is 0 Å². The van der Waals surface area contributed by atoms with Gasteiger partial charge in [0.05, 0.1) is 12.0 Å². The molecule has 2 rings (SSSR count). The quantitative estimate of drug-likeness (QED) is 0.888. The molecule has 2 atom stereocenters. The van der Waals surface area contributed by atoms with Gasteiger partial charge < -0.3 is 14.5 Å². The highest BCUT2D eigenvalue weighted by Gasteiger charge is 2.30. The molecule has 1 N–H and O–H groups in total. The summed E-state index contributed by atoms with van der Waals surface area (Å²) < 4.78 is 11.2. The number of nitrogens with one attached hydrogen (secondary N) is 1. The summed E-state index contributed by atoms with van der Waals surface area (Å²) >= 11 is 0. The highest BCUT2D eigenvalue weighted by molar-refractivity contribution is 4.97. The molecule has 1 aliphatic heterocycles. The topological polar surface area (TPSA) is 60.2 Å². The summed E-state index contributed by atoms with van der Waals surface area (Å²) in [6, 6.07) is 0. The third-order valence-corrected chi connectivity index (χ3v) is 3.17. The lowest BCUT2D eigenvalue weighted by atomic mass is 10.0. The number of aromatic nitrogens is 2. The van der Waals surface area contributed by atoms with E-state index in [1.165, 1.54) is 0 Å². The molecule has 18 heavy (non-hydrogen) atoms. The molecular weight excluding hydrogens is 230 g/mol. The van der Waals surface area contributed by atoms with Crippen molar-refractivity contribution in [2.45, 2.75) is 58.1 Å². The van der Waals surface area contributed by atoms with Crippen LogP contribution < -0.4 is 5.32 Å². The summed E-state index contributed by atoms with van der Waals surface area (Å²) in [4.78, 5) is 0. The minimum absolute atomic E-state index is 0.122. The first-order valence-electron chi connectivity index (χ1n) is 6.64. The number of ether oxygens (including phenoxy) is 1. The zero-order valence-corrected chi connectivity index (χ0v) is 11.7. The second-order valence-electron chi connectivity index (χ2n) is 5.93. The number of hydrogen-bond donors (Lipinski definition) is 1. The minimum Gasteiger partial charge on any atom is -0.425 e. The maximum atomic E-state index is 5.71. The molecule has 2 unspecified atom stereocenters. The zero-order valence-electron chi connectivity index (χ0n) is 11.7. The van der Waals surface area contributed by atoms with Gasteiger partial charge in [-0.05, 0) is 34.1 Å². The van der Waals surface area contributed by atoms with Gasteiger partial charge in [-0.25, -0.2) is 0 Å². The fourth-order valence-corrected chi connectivity index (χ4v) is 2.12. The van der Waals surface area contributed by atoms with Crippen LogP contribution in [0.15, 0.2) is 4.42 Å². The lowest BCUT2D eigenvalue weighted by molar-refractivity contribution is 0.114. The molecule has 0 aliphatic carbocycles. The van der Waals surface area contributed by atoms with E-state index in [4.69, 9.17) is 9.15 Å². The van der Waals surface area contributed by atoms with E-state index in [0.29, 0.717) is 5.89 Å². The summed E-state index contributed by atoms with van der Waals surface area (Å²) in [5.74, 6) is 1.70. The second-order valence-corrected chi connectivity index (χ2v) is 5.93. The lowest BCUT2D eigenvalue weighted by Crippen LogP contribution is -2.37. The molecule has 5 heteroatoms. The second kappa shape index (κ2) is 5.36. The van der Waals surface area contributed by atoms with Gasteiger partial charge in [-0.3, -0.25) is 0 Å². The van der Waals surface area contributed by atoms with Crippen molar-refractivity contribution < 1.29 is 9.15 Å². The monoisotopic (exact) mass is 253 g/mol. The first-order chi connectivity index (χ1) is 8.46. The van der Waals surface area contributed by atoms with Gasteiger partial charge in [0, 0.05) is 25.1 Å². The molecule has 1 aromatic rings. The Morgan fingerprint density at radius 1 is 1.33 bits per heavy atom. The predicted octanol–water partition coefficient (Wildman–Crippen LogP) is 1.89. The Bertz CT molecular complexity index is 384. The van der Waals surface area contributed by atoms with Gasteiger partial charge in [0.2, 0.25) is 11.8 Å². The average molecular weight is 253 g/mol. The number of rotatable bonds is 4. The van der Waals surface area contributed by atoms with Crippen molar-refractivity contribution in [3.05, 3.63) is 11.8 Å². The molecule has 0 spiro atoms. The van der Waals surface area contributed by atoms with Crippen LogP contribution in [0.1, 0.15) is 51.8 Å². The van der Waals surface area contributed by atoms with Crippen molar-refractivity contribution >= 4 is 0 Å². The van der Waals surface area contributed by atoms with Crippen molar-refractivity contribution in [3.63, 3.8) is 0 Å². The average Bonchev–Trinajstić information content (AvgIpc) is 2.84. The molecule has 0 aromatic carbocycles. The maximum Gasteiger partial charge on any atom is 0.222 e. The van der Waals surface area contributed by atoms with Crippen LogP contribution in [0.2, 0.25) is 0 Å². The van der Waals surface area contributed by atoms with Gasteiger partial charge in [0.1, 0.15) is 0 Å². The van der Waals surface area contributed by atoms with Crippen LogP contribution in [0.25, 0.3) is 0 Å². The Labute approximate surface area is 108 Å². The smallest absolute Gasteiger partial charge is 0.222 e. The molecule has 1 saturated heterocycles. The molecule has 0 saturated carbocycles. The van der Waals surface area contributed by atoms with Crippen LogP contribution in [-0.4, -0.2) is 35.0 Å². The normalized spacial score (nSPS) is 24.7. The fraction of sp³-hybridized carbons (Fsp3) is 0.846. The highest BCUT2D eigenvalue weighted by atomic mass is 16.5. The molecule has 2 heterocycles. The lowest BCUT2D eigenvalue weighted by Gasteiger charge is -2.19. The van der Waals surface area contributed by atoms with E-state index in [1.54, 1.807) is 0 Å². The van der Waals surface area contributed by atoms with Crippen molar-refractivity contribution in [2.75, 3.05) is 13.2 Å². The van der Waals surface area contributed by atoms with E-state index < -0.39 is 0 Å². The number of nitrogens with zero attached hydrogens (tertiary/aromatic N) is 2. The number of hydrogen-bond acceptors (Lipinski definition) is 5. The first kappa shape index (κ1) is 13.5. The summed E-state index contributed by atoms with van der Waals surface area (Å²) in [6.07, 6.45) is 1.93. The predicted molar refractivity (Wildman–Crippen MR) is 68.5 cm³/mol. The summed E-state index contributed by atoms with van der Waals surface area (Å²) in [5.41, 5.74) is 0.122. The van der Waals surface area contributed by atoms with E-state index in [-0.39, 0.29) is 17.6 Å². The minimum atomic E-state index is 0.122. The molecule has 1 aliphatic rings. The molecule has 0 radical (unpaired) electrons. The van der Waals surface area contributed by atoms with Gasteiger partial charge in [0.25, 0.3) is 0 Å². The van der Waals surface area contributed by atoms with E-state index in [0.717, 1.165) is 31.9 Å². The standard InChI is InChI=1S/C13H23N3O2/c1-9-10(6-8-17-9)12-16-15-11(18-12)5-7-14-13(2,3)4/h9-10,14H,5-8H2,1-4H3. The van der Waals surface area contributed by atoms with Crippen LogP contribution in [0.5, 0.6) is 0 Å². The van der Waals surface area contributed by atoms with Crippen molar-refractivity contribution in [1.29, 1.82) is 0 Å². The van der Waals surface area contributed by atoms with Gasteiger partial charge in [-0.15, -0.1) is 10.2 Å². The SMILES string of the molecule is CC1OCCC1c1nnc(CCNC(C)(C)C)o1. The van der Waals surface area contributed by atoms with Crippen molar-refractivity contribution in [1.82, 2.24) is 15.5 Å². The fourth-order valence-electron chi connectivity index (χ4n) is 2.12. The summed E-state index contributed by atoms with van der Waals surface area (Å²) in [5, 5.41) is 11.6. The molecule has 1 aromatic heterocycles. The third kappa shape index (κ3) is 3.53. The van der Waals surface area contributed by atoms with E-state index >= 15 is 0 Å². The Balaban J connectivity index is 1.86. The van der Waals surface area contributed by atoms with Crippen LogP contribution >= 0.6 is 0 Å². The Morgan fingerprint density at radius 2 is 2.11 bits per heavy atom. The van der Waals surface area contributed by atoms with E-state index in [9.17, 15) is 0 Å². The van der Waals surface area contributed by atoms with E-state index in [2.05, 4.69) is 43.2 Å². The highest BCUT2D eigenvalue weighted by Crippen LogP contribution is 2.29. The molecule has 0 amide bonds. The van der Waals surface area contributed by atoms with Crippen molar-refractivity contribution in [2.24, 2.45) is 0 Å². The largest absolute Gasteiger partial charge is 0.425 e. The van der Waals surface area contributed by atoms with Crippen LogP contribution in [0.4, 0.5) is 0 Å². The molecule has 5 nitrogen and oxygen atoms in total. The molecule has 102 valence electrons. The zero-order chi connectivity index (χ0) is 13.2. The van der Waals surface area contributed by atoms with E-state index in [1.807, 2.05) is 0 Å². The van der Waals surface area contributed by atoms with Crippen LogP contribution in [0, 0.1) is 0 Å². The Morgan fingerprint density at radius 3 is 2.72 bits per heavy atom. The summed E-state index contributed by atoms with van der Waals surface area (Å²) in [7, 11) is 0. The first-order valence-corrected chi connectivity index (χ1v) is 6.64. The van der Waals surface area contributed by atoms with Gasteiger partial charge in [-0.1, -0.05) is 0 Å². The van der Waals surface area contributed by atoms with Crippen LogP contribution in [0.3, 0.4) is 0 Å². The molecule has 1 fully saturated rings. The maximum absolute atomic E-state index is 5.71. The third-order valence-electron chi connectivity index (χ3n) is 3.17.